The van der Waals surface area contributed by atoms with Crippen LogP contribution in [-0.4, -0.2) is 35.3 Å². The van der Waals surface area contributed by atoms with E-state index in [2.05, 4.69) is 12.2 Å². The van der Waals surface area contributed by atoms with Crippen LogP contribution < -0.4 is 5.32 Å². The van der Waals surface area contributed by atoms with Crippen LogP contribution in [0.5, 0.6) is 0 Å². The fourth-order valence-corrected chi connectivity index (χ4v) is 2.88. The van der Waals surface area contributed by atoms with E-state index in [0.717, 1.165) is 6.42 Å². The van der Waals surface area contributed by atoms with Gasteiger partial charge in [-0.15, -0.1) is 0 Å². The van der Waals surface area contributed by atoms with E-state index in [1.54, 1.807) is 0 Å². The molecule has 1 saturated carbocycles. The summed E-state index contributed by atoms with van der Waals surface area (Å²) in [6.07, 6.45) is 4.08. The van der Waals surface area contributed by atoms with Crippen LogP contribution in [0.2, 0.25) is 0 Å². The summed E-state index contributed by atoms with van der Waals surface area (Å²) in [4.78, 5) is 25.5. The van der Waals surface area contributed by atoms with E-state index in [0.29, 0.717) is 12.3 Å². The molecular formula is C12H20N2O2. The van der Waals surface area contributed by atoms with Crippen molar-refractivity contribution in [3.05, 3.63) is 0 Å². The van der Waals surface area contributed by atoms with E-state index in [1.165, 1.54) is 12.8 Å². The molecular weight excluding hydrogens is 204 g/mol. The number of rotatable bonds is 2. The third-order valence-electron chi connectivity index (χ3n) is 3.86. The lowest BCUT2D eigenvalue weighted by Crippen LogP contribution is -2.60. The van der Waals surface area contributed by atoms with Gasteiger partial charge >= 0.3 is 0 Å². The van der Waals surface area contributed by atoms with Gasteiger partial charge in [-0.2, -0.15) is 0 Å². The zero-order chi connectivity index (χ0) is 11.7. The van der Waals surface area contributed by atoms with Crippen molar-refractivity contribution in [3.8, 4) is 0 Å². The van der Waals surface area contributed by atoms with Crippen molar-refractivity contribution in [2.45, 2.75) is 51.6 Å². The first-order valence-corrected chi connectivity index (χ1v) is 6.23. The predicted molar refractivity (Wildman–Crippen MR) is 60.7 cm³/mol. The maximum Gasteiger partial charge on any atom is 0.245 e. The molecule has 0 spiro atoms. The van der Waals surface area contributed by atoms with E-state index >= 15 is 0 Å². The molecule has 1 aliphatic carbocycles. The summed E-state index contributed by atoms with van der Waals surface area (Å²) in [5.41, 5.74) is 0. The molecule has 0 bridgehead atoms. The highest BCUT2D eigenvalue weighted by atomic mass is 16.2. The molecule has 16 heavy (non-hydrogen) atoms. The smallest absolute Gasteiger partial charge is 0.245 e. The quantitative estimate of drug-likeness (QED) is 0.758. The molecule has 4 heteroatoms. The van der Waals surface area contributed by atoms with Crippen LogP contribution in [0, 0.1) is 5.92 Å². The van der Waals surface area contributed by atoms with Gasteiger partial charge in [0, 0.05) is 6.04 Å². The highest BCUT2D eigenvalue weighted by Crippen LogP contribution is 2.30. The first-order chi connectivity index (χ1) is 7.63. The van der Waals surface area contributed by atoms with Crippen LogP contribution in [0.1, 0.15) is 39.5 Å². The lowest BCUT2D eigenvalue weighted by Gasteiger charge is -2.37. The van der Waals surface area contributed by atoms with Gasteiger partial charge in [-0.05, 0) is 25.2 Å². The van der Waals surface area contributed by atoms with Crippen LogP contribution in [0.15, 0.2) is 0 Å². The normalized spacial score (nSPS) is 35.4. The number of hydrogen-bond donors (Lipinski definition) is 1. The van der Waals surface area contributed by atoms with Crippen LogP contribution in [0.3, 0.4) is 0 Å². The van der Waals surface area contributed by atoms with Gasteiger partial charge in [0.2, 0.25) is 11.8 Å². The van der Waals surface area contributed by atoms with Gasteiger partial charge in [0.25, 0.3) is 0 Å². The predicted octanol–water partition coefficient (Wildman–Crippen LogP) is 0.912. The Bertz CT molecular complexity index is 303. The van der Waals surface area contributed by atoms with Crippen LogP contribution >= 0.6 is 0 Å². The van der Waals surface area contributed by atoms with Crippen molar-refractivity contribution in [1.29, 1.82) is 0 Å². The van der Waals surface area contributed by atoms with Crippen molar-refractivity contribution in [2.24, 2.45) is 5.92 Å². The molecule has 3 atom stereocenters. The number of nitrogens with one attached hydrogen (secondary N) is 1. The maximum atomic E-state index is 12.1. The summed E-state index contributed by atoms with van der Waals surface area (Å²) in [6, 6.07) is -0.0124. The van der Waals surface area contributed by atoms with Crippen molar-refractivity contribution in [1.82, 2.24) is 10.2 Å². The molecule has 1 heterocycles. The van der Waals surface area contributed by atoms with Gasteiger partial charge in [-0.3, -0.25) is 9.59 Å². The lowest BCUT2D eigenvalue weighted by molar-refractivity contribution is -0.147. The summed E-state index contributed by atoms with van der Waals surface area (Å²) in [5.74, 6) is 0.638. The number of carbonyl (C=O) groups excluding carboxylic acids is 2. The molecule has 0 aromatic heterocycles. The molecule has 2 rings (SSSR count). The van der Waals surface area contributed by atoms with Crippen molar-refractivity contribution < 1.29 is 9.59 Å². The van der Waals surface area contributed by atoms with E-state index < -0.39 is 0 Å². The molecule has 1 aliphatic heterocycles. The minimum atomic E-state index is -0.297. The summed E-state index contributed by atoms with van der Waals surface area (Å²) < 4.78 is 0. The van der Waals surface area contributed by atoms with Crippen molar-refractivity contribution >= 4 is 11.8 Å². The Kier molecular flexibility index (Phi) is 3.17. The Morgan fingerprint density at radius 2 is 2.12 bits per heavy atom. The van der Waals surface area contributed by atoms with Crippen LogP contribution in [-0.2, 0) is 9.59 Å². The Balaban J connectivity index is 2.12. The van der Waals surface area contributed by atoms with Gasteiger partial charge in [0.05, 0.1) is 6.54 Å². The molecule has 0 aromatic carbocycles. The second-order valence-corrected chi connectivity index (χ2v) is 4.97. The molecule has 4 nitrogen and oxygen atoms in total. The minimum absolute atomic E-state index is 0.00875. The van der Waals surface area contributed by atoms with Gasteiger partial charge in [0.15, 0.2) is 0 Å². The molecule has 3 unspecified atom stereocenters. The number of amides is 2. The molecule has 2 fully saturated rings. The fourth-order valence-electron chi connectivity index (χ4n) is 2.88. The molecule has 1 N–H and O–H groups in total. The highest BCUT2D eigenvalue weighted by molar-refractivity contribution is 5.95. The number of piperazine rings is 1. The third kappa shape index (κ3) is 1.93. The Morgan fingerprint density at radius 3 is 2.69 bits per heavy atom. The standard InChI is InChI=1S/C12H20N2O2/c1-3-9-12(16)14(7-11(15)13-9)10-6-4-5-8(10)2/h8-10H,3-7H2,1-2H3,(H,13,15). The van der Waals surface area contributed by atoms with Crippen LogP contribution in [0.4, 0.5) is 0 Å². The Hall–Kier alpha value is -1.06. The Morgan fingerprint density at radius 1 is 1.38 bits per heavy atom. The largest absolute Gasteiger partial charge is 0.343 e. The van der Waals surface area contributed by atoms with Crippen LogP contribution in [0.25, 0.3) is 0 Å². The van der Waals surface area contributed by atoms with E-state index in [4.69, 9.17) is 0 Å². The van der Waals surface area contributed by atoms with E-state index in [1.807, 2.05) is 11.8 Å². The van der Waals surface area contributed by atoms with Crippen molar-refractivity contribution in [2.75, 3.05) is 6.54 Å². The van der Waals surface area contributed by atoms with Gasteiger partial charge < -0.3 is 10.2 Å². The van der Waals surface area contributed by atoms with Crippen molar-refractivity contribution in [3.63, 3.8) is 0 Å². The minimum Gasteiger partial charge on any atom is -0.343 e. The molecule has 2 aliphatic rings. The first kappa shape index (κ1) is 11.4. The SMILES string of the molecule is CCC1NC(=O)CN(C2CCCC2C)C1=O. The molecule has 1 saturated heterocycles. The monoisotopic (exact) mass is 224 g/mol. The average molecular weight is 224 g/mol. The second-order valence-electron chi connectivity index (χ2n) is 4.97. The number of hydrogen-bond acceptors (Lipinski definition) is 2. The van der Waals surface area contributed by atoms with Gasteiger partial charge in [-0.25, -0.2) is 0 Å². The summed E-state index contributed by atoms with van der Waals surface area (Å²) in [6.45, 7) is 4.37. The topological polar surface area (TPSA) is 49.4 Å². The maximum absolute atomic E-state index is 12.1. The molecule has 0 aromatic rings. The zero-order valence-corrected chi connectivity index (χ0v) is 10.0. The summed E-state index contributed by atoms with van der Waals surface area (Å²) in [7, 11) is 0. The van der Waals surface area contributed by atoms with E-state index in [9.17, 15) is 9.59 Å². The lowest BCUT2D eigenvalue weighted by atomic mass is 10.0. The highest BCUT2D eigenvalue weighted by Gasteiger charge is 2.39. The number of carbonyl (C=O) groups is 2. The Labute approximate surface area is 96.4 Å². The molecule has 90 valence electrons. The van der Waals surface area contributed by atoms with Gasteiger partial charge in [0.1, 0.15) is 6.04 Å². The fraction of sp³-hybridized carbons (Fsp3) is 0.833. The molecule has 2 amide bonds. The molecule has 0 radical (unpaired) electrons. The van der Waals surface area contributed by atoms with Gasteiger partial charge in [-0.1, -0.05) is 20.3 Å². The first-order valence-electron chi connectivity index (χ1n) is 6.23. The zero-order valence-electron chi connectivity index (χ0n) is 10.0. The average Bonchev–Trinajstić information content (AvgIpc) is 2.67. The third-order valence-corrected chi connectivity index (χ3v) is 3.86. The van der Waals surface area contributed by atoms with E-state index in [-0.39, 0.29) is 30.4 Å². The number of nitrogens with zero attached hydrogens (tertiary/aromatic N) is 1. The summed E-state index contributed by atoms with van der Waals surface area (Å²) in [5, 5.41) is 2.75. The summed E-state index contributed by atoms with van der Waals surface area (Å²) >= 11 is 0. The second kappa shape index (κ2) is 4.44.